The van der Waals surface area contributed by atoms with Crippen LogP contribution in [0.25, 0.3) is 0 Å². The Morgan fingerprint density at radius 2 is 1.80 bits per heavy atom. The first-order chi connectivity index (χ1) is 9.10. The maximum atomic E-state index is 6.86. The van der Waals surface area contributed by atoms with Crippen LogP contribution in [0.2, 0.25) is 18.1 Å². The van der Waals surface area contributed by atoms with Crippen LogP contribution in [0.3, 0.4) is 0 Å². The van der Waals surface area contributed by atoms with Crippen LogP contribution in [0.1, 0.15) is 73.6 Å². The monoisotopic (exact) mass is 297 g/mol. The molecule has 1 saturated carbocycles. The highest BCUT2D eigenvalue weighted by Gasteiger charge is 2.44. The maximum Gasteiger partial charge on any atom is 0.192 e. The molecule has 0 saturated heterocycles. The van der Waals surface area contributed by atoms with Gasteiger partial charge in [-0.1, -0.05) is 54.4 Å². The van der Waals surface area contributed by atoms with Gasteiger partial charge in [-0.3, -0.25) is 0 Å². The SMILES string of the molecule is CCCC(C)(C)[Si](C)(C)OC1CC(C)CCC1[C](C)C. The van der Waals surface area contributed by atoms with Crippen LogP contribution in [0.5, 0.6) is 0 Å². The fourth-order valence-corrected chi connectivity index (χ4v) is 5.77. The predicted octanol–water partition coefficient (Wildman–Crippen LogP) is 6.21. The first-order valence-electron chi connectivity index (χ1n) is 8.58. The lowest BCUT2D eigenvalue weighted by atomic mass is 9.75. The Labute approximate surface area is 129 Å². The normalized spacial score (nSPS) is 28.9. The van der Waals surface area contributed by atoms with Gasteiger partial charge in [0.1, 0.15) is 0 Å². The van der Waals surface area contributed by atoms with E-state index in [0.717, 1.165) is 5.92 Å². The zero-order valence-corrected chi connectivity index (χ0v) is 16.2. The summed E-state index contributed by atoms with van der Waals surface area (Å²) in [6.45, 7) is 19.0. The van der Waals surface area contributed by atoms with Crippen LogP contribution in [-0.2, 0) is 4.43 Å². The summed E-state index contributed by atoms with van der Waals surface area (Å²) in [4.78, 5) is 0. The molecule has 0 aromatic rings. The van der Waals surface area contributed by atoms with E-state index in [-0.39, 0.29) is 0 Å². The summed E-state index contributed by atoms with van der Waals surface area (Å²) < 4.78 is 6.86. The van der Waals surface area contributed by atoms with E-state index in [0.29, 0.717) is 17.1 Å². The molecule has 3 unspecified atom stereocenters. The number of hydrogen-bond acceptors (Lipinski definition) is 1. The highest BCUT2D eigenvalue weighted by atomic mass is 28.4. The Hall–Kier alpha value is 0.177. The highest BCUT2D eigenvalue weighted by Crippen LogP contribution is 2.45. The Morgan fingerprint density at radius 1 is 1.20 bits per heavy atom. The second-order valence-corrected chi connectivity index (χ2v) is 13.0. The molecule has 0 amide bonds. The average Bonchev–Trinajstić information content (AvgIpc) is 2.27. The Morgan fingerprint density at radius 3 is 2.30 bits per heavy atom. The molecule has 20 heavy (non-hydrogen) atoms. The van der Waals surface area contributed by atoms with Gasteiger partial charge >= 0.3 is 0 Å². The first kappa shape index (κ1) is 18.2. The van der Waals surface area contributed by atoms with Gasteiger partial charge in [-0.05, 0) is 55.1 Å². The van der Waals surface area contributed by atoms with Gasteiger partial charge < -0.3 is 4.43 Å². The van der Waals surface area contributed by atoms with Gasteiger partial charge in [0.05, 0.1) is 0 Å². The molecule has 1 rings (SSSR count). The van der Waals surface area contributed by atoms with Crippen LogP contribution in [0, 0.1) is 17.8 Å². The third kappa shape index (κ3) is 4.33. The van der Waals surface area contributed by atoms with Gasteiger partial charge in [0, 0.05) is 6.10 Å². The lowest BCUT2D eigenvalue weighted by Crippen LogP contribution is -2.48. The molecule has 0 N–H and O–H groups in total. The van der Waals surface area contributed by atoms with E-state index in [1.165, 1.54) is 32.1 Å². The van der Waals surface area contributed by atoms with Gasteiger partial charge in [-0.2, -0.15) is 0 Å². The second kappa shape index (κ2) is 6.96. The van der Waals surface area contributed by atoms with E-state index in [4.69, 9.17) is 4.43 Å². The third-order valence-corrected chi connectivity index (χ3v) is 10.1. The zero-order chi connectivity index (χ0) is 15.6. The molecule has 119 valence electrons. The van der Waals surface area contributed by atoms with Gasteiger partial charge in [-0.25, -0.2) is 0 Å². The van der Waals surface area contributed by atoms with Crippen molar-refractivity contribution in [2.24, 2.45) is 11.8 Å². The maximum absolute atomic E-state index is 6.86. The summed E-state index contributed by atoms with van der Waals surface area (Å²) in [5.41, 5.74) is 0. The third-order valence-electron chi connectivity index (χ3n) is 5.75. The van der Waals surface area contributed by atoms with Crippen LogP contribution in [0.4, 0.5) is 0 Å². The van der Waals surface area contributed by atoms with E-state index in [2.05, 4.69) is 54.6 Å². The fraction of sp³-hybridized carbons (Fsp3) is 0.944. The smallest absolute Gasteiger partial charge is 0.192 e. The van der Waals surface area contributed by atoms with Crippen LogP contribution < -0.4 is 0 Å². The van der Waals surface area contributed by atoms with E-state index in [1.54, 1.807) is 5.92 Å². The molecule has 1 aliphatic rings. The van der Waals surface area contributed by atoms with Gasteiger partial charge in [0.25, 0.3) is 0 Å². The molecule has 1 fully saturated rings. The van der Waals surface area contributed by atoms with Crippen molar-refractivity contribution in [1.29, 1.82) is 0 Å². The fourth-order valence-electron chi connectivity index (χ4n) is 3.58. The van der Waals surface area contributed by atoms with Gasteiger partial charge in [-0.15, -0.1) is 0 Å². The van der Waals surface area contributed by atoms with Crippen molar-refractivity contribution in [3.05, 3.63) is 5.92 Å². The van der Waals surface area contributed by atoms with Crippen molar-refractivity contribution in [3.8, 4) is 0 Å². The molecule has 0 bridgehead atoms. The Balaban J connectivity index is 2.81. The first-order valence-corrected chi connectivity index (χ1v) is 11.5. The summed E-state index contributed by atoms with van der Waals surface area (Å²) >= 11 is 0. The lowest BCUT2D eigenvalue weighted by Gasteiger charge is -2.46. The molecule has 0 aromatic carbocycles. The average molecular weight is 298 g/mol. The van der Waals surface area contributed by atoms with Crippen LogP contribution in [0.15, 0.2) is 0 Å². The van der Waals surface area contributed by atoms with E-state index < -0.39 is 8.32 Å². The number of hydrogen-bond donors (Lipinski definition) is 0. The van der Waals surface area contributed by atoms with E-state index >= 15 is 0 Å². The van der Waals surface area contributed by atoms with Crippen molar-refractivity contribution in [2.75, 3.05) is 0 Å². The molecular formula is C18H37OSi. The molecule has 0 aliphatic heterocycles. The molecular weight excluding hydrogens is 260 g/mol. The summed E-state index contributed by atoms with van der Waals surface area (Å²) in [5, 5.41) is 0.370. The molecule has 1 radical (unpaired) electrons. The van der Waals surface area contributed by atoms with Gasteiger partial charge in [0.2, 0.25) is 0 Å². The highest BCUT2D eigenvalue weighted by molar-refractivity contribution is 6.74. The minimum atomic E-state index is -1.67. The summed E-state index contributed by atoms with van der Waals surface area (Å²) in [7, 11) is -1.67. The van der Waals surface area contributed by atoms with Crippen molar-refractivity contribution in [3.63, 3.8) is 0 Å². The molecule has 0 aromatic heterocycles. The summed E-state index contributed by atoms with van der Waals surface area (Å²) in [6, 6.07) is 0. The Bertz CT molecular complexity index is 296. The second-order valence-electron chi connectivity index (χ2n) is 8.40. The quantitative estimate of drug-likeness (QED) is 0.530. The van der Waals surface area contributed by atoms with E-state index in [9.17, 15) is 0 Å². The van der Waals surface area contributed by atoms with E-state index in [1.807, 2.05) is 0 Å². The minimum absolute atomic E-state index is 0.370. The molecule has 3 atom stereocenters. The Kier molecular flexibility index (Phi) is 6.34. The predicted molar refractivity (Wildman–Crippen MR) is 92.4 cm³/mol. The standard InChI is InChI=1S/C18H37OSi/c1-9-12-18(5,6)20(7,8)19-17-13-15(4)10-11-16(17)14(2)3/h15-17H,9-13H2,1-8H3. The van der Waals surface area contributed by atoms with Crippen molar-refractivity contribution in [1.82, 2.24) is 0 Å². The number of rotatable bonds is 6. The summed E-state index contributed by atoms with van der Waals surface area (Å²) in [6.07, 6.45) is 6.98. The molecule has 0 spiro atoms. The zero-order valence-electron chi connectivity index (χ0n) is 15.2. The topological polar surface area (TPSA) is 9.23 Å². The van der Waals surface area contributed by atoms with Crippen LogP contribution in [-0.4, -0.2) is 14.4 Å². The lowest BCUT2D eigenvalue weighted by molar-refractivity contribution is 0.0640. The van der Waals surface area contributed by atoms with Gasteiger partial charge in [0.15, 0.2) is 8.32 Å². The van der Waals surface area contributed by atoms with Crippen LogP contribution >= 0.6 is 0 Å². The summed E-state index contributed by atoms with van der Waals surface area (Å²) in [5.74, 6) is 3.09. The van der Waals surface area contributed by atoms with Crippen molar-refractivity contribution < 1.29 is 4.43 Å². The largest absolute Gasteiger partial charge is 0.414 e. The van der Waals surface area contributed by atoms with Crippen molar-refractivity contribution in [2.45, 2.75) is 97.9 Å². The molecule has 2 heteroatoms. The molecule has 0 heterocycles. The molecule has 1 aliphatic carbocycles. The van der Waals surface area contributed by atoms with Crippen molar-refractivity contribution >= 4 is 8.32 Å². The minimum Gasteiger partial charge on any atom is -0.414 e. The molecule has 1 nitrogen and oxygen atoms in total.